The van der Waals surface area contributed by atoms with E-state index in [-0.39, 0.29) is 34.0 Å². The lowest BCUT2D eigenvalue weighted by Gasteiger charge is -2.26. The number of alkyl halides is 1. The van der Waals surface area contributed by atoms with Gasteiger partial charge in [0.25, 0.3) is 0 Å². The van der Waals surface area contributed by atoms with E-state index in [1.807, 2.05) is 0 Å². The largest absolute Gasteiger partial charge is 0.472 e. The Morgan fingerprint density at radius 3 is 2.05 bits per heavy atom. The molecular formula is C21H25FN10O10P2. The van der Waals surface area contributed by atoms with Crippen LogP contribution in [0, 0.1) is 0 Å². The normalized spacial score (nSPS) is 38.3. The number of nitrogens with zero attached hydrogens (tertiary/aromatic N) is 8. The summed E-state index contributed by atoms with van der Waals surface area (Å²) >= 11 is 0. The van der Waals surface area contributed by atoms with Gasteiger partial charge >= 0.3 is 15.4 Å². The van der Waals surface area contributed by atoms with Crippen LogP contribution >= 0.6 is 15.4 Å². The lowest BCUT2D eigenvalue weighted by molar-refractivity contribution is -0.0627. The van der Waals surface area contributed by atoms with E-state index in [0.717, 1.165) is 13.0 Å². The van der Waals surface area contributed by atoms with E-state index in [1.54, 1.807) is 0 Å². The summed E-state index contributed by atoms with van der Waals surface area (Å²) in [5.41, 5.74) is 12.4. The van der Waals surface area contributed by atoms with Crippen molar-refractivity contribution in [3.05, 3.63) is 25.3 Å². The number of nitrogens with two attached hydrogens (primary N) is 2. The molecule has 3 aliphatic rings. The Labute approximate surface area is 245 Å². The van der Waals surface area contributed by atoms with Gasteiger partial charge in [-0.15, -0.1) is 0 Å². The average Bonchev–Trinajstić information content (AvgIpc) is 3.73. The highest BCUT2D eigenvalue weighted by molar-refractivity contribution is 7.53. The number of phosphoric ester groups is 1. The lowest BCUT2D eigenvalue weighted by Crippen LogP contribution is -2.35. The number of hydrogen-bond acceptors (Lipinski definition) is 17. The van der Waals surface area contributed by atoms with Gasteiger partial charge in [0, 0.05) is 6.66 Å². The Hall–Kier alpha value is -3.23. The molecule has 4 aromatic heterocycles. The second-order valence-electron chi connectivity index (χ2n) is 10.2. The maximum Gasteiger partial charge on any atom is 0.472 e. The fourth-order valence-electron chi connectivity index (χ4n) is 5.30. The van der Waals surface area contributed by atoms with Crippen LogP contribution in [0.15, 0.2) is 25.3 Å². The van der Waals surface area contributed by atoms with Gasteiger partial charge in [0.15, 0.2) is 41.6 Å². The first kappa shape index (κ1) is 29.5. The van der Waals surface area contributed by atoms with Crippen LogP contribution in [-0.2, 0) is 36.7 Å². The SMILES string of the molecule is C[P@@]1(=O)OC[C@H]2O[C@@H](n3cnc4c(N)ncnc43)[C@@H](F)C2OP(=O)(O)OC[C@H]2O[C@@H](n3cnc4c(N)ncnc43)[C@@H](O1)C2O. The van der Waals surface area contributed by atoms with E-state index in [1.165, 1.54) is 28.1 Å². The molecule has 3 unspecified atom stereocenters. The Morgan fingerprint density at radius 2 is 1.41 bits per heavy atom. The van der Waals surface area contributed by atoms with Gasteiger partial charge in [-0.3, -0.25) is 27.3 Å². The quantitative estimate of drug-likeness (QED) is 0.207. The number of imidazole rings is 2. The van der Waals surface area contributed by atoms with Crippen molar-refractivity contribution in [2.75, 3.05) is 31.3 Å². The summed E-state index contributed by atoms with van der Waals surface area (Å²) in [6.45, 7) is -0.221. The van der Waals surface area contributed by atoms with Gasteiger partial charge in [-0.25, -0.2) is 38.9 Å². The Balaban J connectivity index is 1.20. The zero-order valence-corrected chi connectivity index (χ0v) is 24.3. The summed E-state index contributed by atoms with van der Waals surface area (Å²) in [6.07, 6.45) is -7.39. The molecule has 0 radical (unpaired) electrons. The highest BCUT2D eigenvalue weighted by atomic mass is 31.2. The minimum Gasteiger partial charge on any atom is -0.387 e. The third-order valence-electron chi connectivity index (χ3n) is 7.35. The highest BCUT2D eigenvalue weighted by Crippen LogP contribution is 2.54. The molecule has 44 heavy (non-hydrogen) atoms. The summed E-state index contributed by atoms with van der Waals surface area (Å²) in [6, 6.07) is 0. The molecule has 0 amide bonds. The third-order valence-corrected chi connectivity index (χ3v) is 9.58. The molecule has 7 heterocycles. The summed E-state index contributed by atoms with van der Waals surface area (Å²) < 4.78 is 78.6. The van der Waals surface area contributed by atoms with Crippen molar-refractivity contribution in [3.8, 4) is 0 Å². The molecule has 0 spiro atoms. The van der Waals surface area contributed by atoms with Crippen molar-refractivity contribution < 1.29 is 51.1 Å². The summed E-state index contributed by atoms with van der Waals surface area (Å²) in [5.74, 6) is 0.114. The number of aliphatic hydroxyl groups is 1. The van der Waals surface area contributed by atoms with Crippen molar-refractivity contribution in [2.24, 2.45) is 0 Å². The number of nitrogen functional groups attached to an aromatic ring is 2. The third kappa shape index (κ3) is 5.04. The Kier molecular flexibility index (Phi) is 7.16. The average molecular weight is 658 g/mol. The monoisotopic (exact) mass is 658 g/mol. The van der Waals surface area contributed by atoms with E-state index >= 15 is 4.39 Å². The second-order valence-corrected chi connectivity index (χ2v) is 13.6. The van der Waals surface area contributed by atoms with E-state index in [9.17, 15) is 19.1 Å². The van der Waals surface area contributed by atoms with Crippen molar-refractivity contribution in [1.82, 2.24) is 39.0 Å². The maximum absolute atomic E-state index is 15.9. The minimum atomic E-state index is -5.04. The fraction of sp³-hybridized carbons (Fsp3) is 0.524. The van der Waals surface area contributed by atoms with Gasteiger partial charge in [-0.05, 0) is 0 Å². The number of halogens is 1. The molecule has 6 N–H and O–H groups in total. The predicted molar refractivity (Wildman–Crippen MR) is 143 cm³/mol. The van der Waals surface area contributed by atoms with Gasteiger partial charge in [0.05, 0.1) is 25.9 Å². The zero-order chi connectivity index (χ0) is 31.0. The van der Waals surface area contributed by atoms with E-state index in [2.05, 4.69) is 29.9 Å². The van der Waals surface area contributed by atoms with Crippen LogP contribution in [0.5, 0.6) is 0 Å². The molecule has 236 valence electrons. The molecule has 10 atom stereocenters. The van der Waals surface area contributed by atoms with Crippen LogP contribution in [0.25, 0.3) is 22.3 Å². The molecule has 0 aliphatic carbocycles. The van der Waals surface area contributed by atoms with Crippen LogP contribution in [0.1, 0.15) is 12.5 Å². The van der Waals surface area contributed by atoms with Gasteiger partial charge in [-0.2, -0.15) is 0 Å². The molecule has 3 saturated heterocycles. The lowest BCUT2D eigenvalue weighted by atomic mass is 10.1. The van der Waals surface area contributed by atoms with Gasteiger partial charge in [0.1, 0.15) is 54.2 Å². The van der Waals surface area contributed by atoms with E-state index in [0.29, 0.717) is 0 Å². The molecule has 3 aliphatic heterocycles. The predicted octanol–water partition coefficient (Wildman–Crippen LogP) is 0.0649. The van der Waals surface area contributed by atoms with Crippen LogP contribution in [-0.4, -0.2) is 106 Å². The number of phosphoric acid groups is 1. The molecular weight excluding hydrogens is 633 g/mol. The molecule has 23 heteroatoms. The first-order valence-corrected chi connectivity index (χ1v) is 16.5. The van der Waals surface area contributed by atoms with Crippen molar-refractivity contribution in [2.45, 2.75) is 49.1 Å². The summed E-state index contributed by atoms with van der Waals surface area (Å²) in [7, 11) is -9.13. The molecule has 3 fully saturated rings. The number of anilines is 2. The standard InChI is InChI=1S/C21H25FN10O10P2/c1-43(34)37-3-9-14(10(22)20(40-9)31-6-29-11-16(23)25-4-27-18(11)31)42-44(35,36)38-2-8-13(33)15(41-43)21(39-8)32-7-30-12-17(24)26-5-28-19(12)32/h4-10,13-15,20-21,33H,2-3H2,1H3,(H,35,36)(H2,23,25,27)(H2,24,26,28)/t8-,9-,10+,13?,14?,15+,20-,21-,43-/m1/s1. The number of ether oxygens (including phenoxy) is 2. The van der Waals surface area contributed by atoms with Crippen molar-refractivity contribution >= 4 is 49.4 Å². The van der Waals surface area contributed by atoms with Gasteiger partial charge < -0.3 is 35.5 Å². The number of aromatic nitrogens is 8. The van der Waals surface area contributed by atoms with Crippen LogP contribution in [0.2, 0.25) is 0 Å². The molecule has 20 nitrogen and oxygen atoms in total. The molecule has 0 saturated carbocycles. The van der Waals surface area contributed by atoms with E-state index < -0.39 is 77.8 Å². The van der Waals surface area contributed by atoms with Crippen LogP contribution < -0.4 is 11.5 Å². The van der Waals surface area contributed by atoms with Gasteiger partial charge in [-0.1, -0.05) is 0 Å². The van der Waals surface area contributed by atoms with Crippen molar-refractivity contribution in [3.63, 3.8) is 0 Å². The summed E-state index contributed by atoms with van der Waals surface area (Å²) in [4.78, 5) is 34.8. The van der Waals surface area contributed by atoms with E-state index in [4.69, 9.17) is 39.0 Å². The smallest absolute Gasteiger partial charge is 0.387 e. The Bertz CT molecular complexity index is 1830. The first-order chi connectivity index (χ1) is 20.9. The highest BCUT2D eigenvalue weighted by Gasteiger charge is 2.54. The molecule has 0 aromatic carbocycles. The summed E-state index contributed by atoms with van der Waals surface area (Å²) in [5, 5.41) is 11.1. The van der Waals surface area contributed by atoms with Crippen LogP contribution in [0.3, 0.4) is 0 Å². The number of aliphatic hydroxyl groups excluding tert-OH is 1. The molecule has 2 bridgehead atoms. The van der Waals surface area contributed by atoms with Gasteiger partial charge in [0.2, 0.25) is 0 Å². The van der Waals surface area contributed by atoms with Crippen molar-refractivity contribution in [1.29, 1.82) is 0 Å². The first-order valence-electron chi connectivity index (χ1n) is 13.0. The zero-order valence-electron chi connectivity index (χ0n) is 22.5. The minimum absolute atomic E-state index is 0.0403. The Morgan fingerprint density at radius 1 is 0.841 bits per heavy atom. The second kappa shape index (κ2) is 10.7. The maximum atomic E-state index is 15.9. The molecule has 4 aromatic rings. The topological polar surface area (TPSA) is 269 Å². The number of fused-ring (bicyclic) bond motifs is 5. The number of rotatable bonds is 2. The van der Waals surface area contributed by atoms with Crippen LogP contribution in [0.4, 0.5) is 16.0 Å². The fourth-order valence-corrected chi connectivity index (χ4v) is 7.40. The number of hydrogen-bond donors (Lipinski definition) is 4. The molecule has 7 rings (SSSR count).